The molecular formula is C18H15N5O3. The second-order valence-electron chi connectivity index (χ2n) is 5.16. The molecule has 0 atom stereocenters. The van der Waals surface area contributed by atoms with Crippen LogP contribution in [0.3, 0.4) is 0 Å². The van der Waals surface area contributed by atoms with Gasteiger partial charge in [0.25, 0.3) is 5.56 Å². The Kier molecular flexibility index (Phi) is 5.82. The number of para-hydroxylation sites is 1. The maximum absolute atomic E-state index is 12.1. The number of benzene rings is 1. The fourth-order valence-corrected chi connectivity index (χ4v) is 2.46. The summed E-state index contributed by atoms with van der Waals surface area (Å²) in [6.45, 7) is 0.226. The van der Waals surface area contributed by atoms with Gasteiger partial charge in [0, 0.05) is 17.5 Å². The number of H-pyrrole nitrogens is 1. The van der Waals surface area contributed by atoms with Crippen LogP contribution in [-0.2, 0) is 0 Å². The summed E-state index contributed by atoms with van der Waals surface area (Å²) in [4.78, 5) is 14.4. The number of aromatic amines is 1. The predicted molar refractivity (Wildman–Crippen MR) is 93.2 cm³/mol. The number of ether oxygens (including phenoxy) is 2. The molecule has 0 saturated heterocycles. The molecule has 0 fully saturated rings. The SMILES string of the molecule is COc1cccc(-c2c(C#N)c(N)[nH]c(=O)c2C#N)c1OCCCC#N. The maximum Gasteiger partial charge on any atom is 0.268 e. The number of aromatic nitrogens is 1. The minimum atomic E-state index is -0.697. The average Bonchev–Trinajstić information content (AvgIpc) is 2.64. The van der Waals surface area contributed by atoms with Crippen LogP contribution in [0.4, 0.5) is 5.82 Å². The zero-order valence-corrected chi connectivity index (χ0v) is 14.0. The first-order chi connectivity index (χ1) is 12.6. The van der Waals surface area contributed by atoms with Crippen LogP contribution < -0.4 is 20.8 Å². The van der Waals surface area contributed by atoms with E-state index in [0.29, 0.717) is 24.2 Å². The minimum Gasteiger partial charge on any atom is -0.493 e. The lowest BCUT2D eigenvalue weighted by molar-refractivity contribution is 0.292. The number of nitriles is 3. The third-order valence-electron chi connectivity index (χ3n) is 3.62. The van der Waals surface area contributed by atoms with Crippen molar-refractivity contribution in [3.8, 4) is 40.8 Å². The van der Waals surface area contributed by atoms with Gasteiger partial charge in [-0.25, -0.2) is 0 Å². The lowest BCUT2D eigenvalue weighted by Crippen LogP contribution is -2.16. The van der Waals surface area contributed by atoms with E-state index < -0.39 is 5.56 Å². The number of rotatable bonds is 6. The largest absolute Gasteiger partial charge is 0.493 e. The van der Waals surface area contributed by atoms with Gasteiger partial charge in [-0.15, -0.1) is 0 Å². The molecule has 8 nitrogen and oxygen atoms in total. The standard InChI is InChI=1S/C18H15N5O3/c1-25-14-6-4-5-11(16(14)26-8-3-2-7-19)15-12(9-20)17(22)23-18(24)13(15)10-21/h4-6H,2-3,8H2,1H3,(H3,22,23,24). The van der Waals surface area contributed by atoms with Gasteiger partial charge in [0.1, 0.15) is 29.1 Å². The molecule has 3 N–H and O–H groups in total. The molecule has 1 aromatic heterocycles. The van der Waals surface area contributed by atoms with E-state index >= 15 is 0 Å². The highest BCUT2D eigenvalue weighted by atomic mass is 16.5. The Balaban J connectivity index is 2.74. The van der Waals surface area contributed by atoms with Crippen molar-refractivity contribution in [2.45, 2.75) is 12.8 Å². The summed E-state index contributed by atoms with van der Waals surface area (Å²) in [7, 11) is 1.45. The van der Waals surface area contributed by atoms with E-state index in [0.717, 1.165) is 0 Å². The number of unbranched alkanes of at least 4 members (excludes halogenated alkanes) is 1. The van der Waals surface area contributed by atoms with Crippen LogP contribution >= 0.6 is 0 Å². The molecule has 0 aliphatic carbocycles. The highest BCUT2D eigenvalue weighted by Crippen LogP contribution is 2.41. The number of nitrogens with zero attached hydrogens (tertiary/aromatic N) is 3. The number of nitrogens with two attached hydrogens (primary N) is 1. The Labute approximate surface area is 149 Å². The van der Waals surface area contributed by atoms with Crippen molar-refractivity contribution in [2.24, 2.45) is 0 Å². The van der Waals surface area contributed by atoms with Crippen LogP contribution in [-0.4, -0.2) is 18.7 Å². The van der Waals surface area contributed by atoms with Crippen molar-refractivity contribution in [1.82, 2.24) is 4.98 Å². The van der Waals surface area contributed by atoms with Crippen molar-refractivity contribution in [2.75, 3.05) is 19.5 Å². The van der Waals surface area contributed by atoms with E-state index in [9.17, 15) is 15.3 Å². The van der Waals surface area contributed by atoms with E-state index in [1.807, 2.05) is 18.2 Å². The number of anilines is 1. The van der Waals surface area contributed by atoms with Gasteiger partial charge in [0.2, 0.25) is 0 Å². The molecule has 1 heterocycles. The van der Waals surface area contributed by atoms with Gasteiger partial charge in [-0.1, -0.05) is 12.1 Å². The maximum atomic E-state index is 12.1. The van der Waals surface area contributed by atoms with Gasteiger partial charge in [-0.3, -0.25) is 4.79 Å². The number of nitrogen functional groups attached to an aromatic ring is 1. The van der Waals surface area contributed by atoms with Gasteiger partial charge in [-0.2, -0.15) is 15.8 Å². The lowest BCUT2D eigenvalue weighted by atomic mass is 9.95. The quantitative estimate of drug-likeness (QED) is 0.758. The number of nitrogens with one attached hydrogen (secondary N) is 1. The molecule has 0 amide bonds. The first-order valence-electron chi connectivity index (χ1n) is 7.62. The first kappa shape index (κ1) is 18.4. The molecule has 0 unspecified atom stereocenters. The summed E-state index contributed by atoms with van der Waals surface area (Å²) < 4.78 is 11.0. The molecule has 0 spiro atoms. The molecule has 0 radical (unpaired) electrons. The van der Waals surface area contributed by atoms with Gasteiger partial charge in [0.05, 0.1) is 19.8 Å². The predicted octanol–water partition coefficient (Wildman–Crippen LogP) is 2.06. The zero-order chi connectivity index (χ0) is 19.1. The number of pyridine rings is 1. The summed E-state index contributed by atoms with van der Waals surface area (Å²) >= 11 is 0. The Hall–Kier alpha value is -3.96. The summed E-state index contributed by atoms with van der Waals surface area (Å²) in [5, 5.41) is 27.5. The second-order valence-corrected chi connectivity index (χ2v) is 5.16. The van der Waals surface area contributed by atoms with Crippen LogP contribution in [0.5, 0.6) is 11.5 Å². The number of hydrogen-bond donors (Lipinski definition) is 2. The van der Waals surface area contributed by atoms with Gasteiger partial charge < -0.3 is 20.2 Å². The minimum absolute atomic E-state index is 0.0312. The van der Waals surface area contributed by atoms with Gasteiger partial charge in [0.15, 0.2) is 11.5 Å². The van der Waals surface area contributed by atoms with Crippen LogP contribution in [0.15, 0.2) is 23.0 Å². The van der Waals surface area contributed by atoms with Crippen LogP contribution in [0.25, 0.3) is 11.1 Å². The first-order valence-corrected chi connectivity index (χ1v) is 7.62. The lowest BCUT2D eigenvalue weighted by Gasteiger charge is -2.16. The third-order valence-corrected chi connectivity index (χ3v) is 3.62. The molecule has 0 aliphatic heterocycles. The van der Waals surface area contributed by atoms with Gasteiger partial charge in [-0.05, 0) is 12.5 Å². The van der Waals surface area contributed by atoms with E-state index in [2.05, 4.69) is 4.98 Å². The van der Waals surface area contributed by atoms with Crippen molar-refractivity contribution < 1.29 is 9.47 Å². The smallest absolute Gasteiger partial charge is 0.268 e. The van der Waals surface area contributed by atoms with E-state index in [-0.39, 0.29) is 34.9 Å². The molecule has 8 heteroatoms. The molecule has 1 aromatic carbocycles. The van der Waals surface area contributed by atoms with Crippen LogP contribution in [0, 0.1) is 34.0 Å². The van der Waals surface area contributed by atoms with Gasteiger partial charge >= 0.3 is 0 Å². The highest BCUT2D eigenvalue weighted by molar-refractivity contribution is 5.85. The fraction of sp³-hybridized carbons (Fsp3) is 0.222. The van der Waals surface area contributed by atoms with Crippen LogP contribution in [0.1, 0.15) is 24.0 Å². The zero-order valence-electron chi connectivity index (χ0n) is 14.0. The van der Waals surface area contributed by atoms with Crippen molar-refractivity contribution in [3.63, 3.8) is 0 Å². The second kappa shape index (κ2) is 8.23. The van der Waals surface area contributed by atoms with E-state index in [1.54, 1.807) is 18.2 Å². The number of methoxy groups -OCH3 is 1. The Morgan fingerprint density at radius 3 is 2.54 bits per heavy atom. The molecule has 0 aliphatic rings. The Morgan fingerprint density at radius 1 is 1.19 bits per heavy atom. The normalized spacial score (nSPS) is 9.62. The molecular weight excluding hydrogens is 334 g/mol. The summed E-state index contributed by atoms with van der Waals surface area (Å²) in [6, 6.07) is 10.7. The summed E-state index contributed by atoms with van der Waals surface area (Å²) in [5.41, 5.74) is 5.21. The molecule has 0 saturated carbocycles. The average molecular weight is 349 g/mol. The van der Waals surface area contributed by atoms with E-state index in [4.69, 9.17) is 20.5 Å². The highest BCUT2D eigenvalue weighted by Gasteiger charge is 2.23. The fourth-order valence-electron chi connectivity index (χ4n) is 2.46. The summed E-state index contributed by atoms with van der Waals surface area (Å²) in [6.07, 6.45) is 0.803. The Bertz CT molecular complexity index is 1010. The third kappa shape index (κ3) is 3.43. The van der Waals surface area contributed by atoms with E-state index in [1.165, 1.54) is 7.11 Å². The molecule has 2 aromatic rings. The topological polar surface area (TPSA) is 149 Å². The molecule has 2 rings (SSSR count). The van der Waals surface area contributed by atoms with Crippen molar-refractivity contribution >= 4 is 5.82 Å². The van der Waals surface area contributed by atoms with Crippen LogP contribution in [0.2, 0.25) is 0 Å². The monoisotopic (exact) mass is 349 g/mol. The Morgan fingerprint density at radius 2 is 1.92 bits per heavy atom. The number of hydrogen-bond acceptors (Lipinski definition) is 7. The molecule has 26 heavy (non-hydrogen) atoms. The molecule has 0 bridgehead atoms. The molecule has 130 valence electrons. The van der Waals surface area contributed by atoms with Crippen molar-refractivity contribution in [1.29, 1.82) is 15.8 Å². The van der Waals surface area contributed by atoms with Crippen molar-refractivity contribution in [3.05, 3.63) is 39.7 Å². The summed E-state index contributed by atoms with van der Waals surface area (Å²) in [5.74, 6) is 0.502.